The second kappa shape index (κ2) is 7.40. The molecule has 0 spiro atoms. The monoisotopic (exact) mass is 386 g/mol. The zero-order chi connectivity index (χ0) is 18.8. The first kappa shape index (κ1) is 17.5. The van der Waals surface area contributed by atoms with Gasteiger partial charge in [-0.15, -0.1) is 0 Å². The molecule has 0 bridgehead atoms. The number of hydrogen-bond acceptors (Lipinski definition) is 5. The molecule has 2 aromatic carbocycles. The fourth-order valence-corrected chi connectivity index (χ4v) is 4.08. The molecule has 140 valence electrons. The number of carbonyl (C=O) groups is 1. The van der Waals surface area contributed by atoms with E-state index in [0.717, 1.165) is 21.1 Å². The van der Waals surface area contributed by atoms with Crippen LogP contribution in [0.4, 0.5) is 20.0 Å². The SMILES string of the molecule is COc1cccc2sc(N3CCN(C(=O)Nc4ccc(F)cc4)CC3)nc12. The Bertz CT molecular complexity index is 952. The summed E-state index contributed by atoms with van der Waals surface area (Å²) < 4.78 is 19.4. The summed E-state index contributed by atoms with van der Waals surface area (Å²) in [5.74, 6) is 0.446. The Morgan fingerprint density at radius 1 is 1.15 bits per heavy atom. The summed E-state index contributed by atoms with van der Waals surface area (Å²) in [4.78, 5) is 21.1. The number of para-hydroxylation sites is 1. The molecule has 4 rings (SSSR count). The molecule has 3 aromatic rings. The lowest BCUT2D eigenvalue weighted by Crippen LogP contribution is -2.50. The van der Waals surface area contributed by atoms with Gasteiger partial charge in [-0.2, -0.15) is 0 Å². The van der Waals surface area contributed by atoms with Crippen molar-refractivity contribution in [2.75, 3.05) is 43.5 Å². The molecule has 0 saturated carbocycles. The van der Waals surface area contributed by atoms with E-state index in [1.165, 1.54) is 12.1 Å². The van der Waals surface area contributed by atoms with E-state index in [1.807, 2.05) is 18.2 Å². The minimum atomic E-state index is -0.325. The summed E-state index contributed by atoms with van der Waals surface area (Å²) in [6, 6.07) is 11.5. The van der Waals surface area contributed by atoms with E-state index in [9.17, 15) is 9.18 Å². The van der Waals surface area contributed by atoms with Gasteiger partial charge in [-0.05, 0) is 36.4 Å². The van der Waals surface area contributed by atoms with E-state index in [4.69, 9.17) is 9.72 Å². The maximum atomic E-state index is 13.0. The molecule has 0 radical (unpaired) electrons. The molecule has 8 heteroatoms. The summed E-state index contributed by atoms with van der Waals surface area (Å²) in [7, 11) is 1.65. The lowest BCUT2D eigenvalue weighted by atomic mass is 10.3. The molecule has 1 saturated heterocycles. The number of aromatic nitrogens is 1. The topological polar surface area (TPSA) is 57.7 Å². The van der Waals surface area contributed by atoms with Crippen LogP contribution in [0.1, 0.15) is 0 Å². The minimum Gasteiger partial charge on any atom is -0.494 e. The van der Waals surface area contributed by atoms with Crippen molar-refractivity contribution in [3.8, 4) is 5.75 Å². The standard InChI is InChI=1S/C19H19FN4O2S/c1-26-15-3-2-4-16-17(15)22-19(27-16)24-11-9-23(10-12-24)18(25)21-14-7-5-13(20)6-8-14/h2-8H,9-12H2,1H3,(H,21,25). The van der Waals surface area contributed by atoms with Crippen molar-refractivity contribution in [2.45, 2.75) is 0 Å². The zero-order valence-corrected chi connectivity index (χ0v) is 15.6. The van der Waals surface area contributed by atoms with Crippen molar-refractivity contribution in [2.24, 2.45) is 0 Å². The molecule has 1 aromatic heterocycles. The first-order valence-corrected chi connectivity index (χ1v) is 9.45. The number of thiazole rings is 1. The van der Waals surface area contributed by atoms with Crippen LogP contribution in [0.3, 0.4) is 0 Å². The number of rotatable bonds is 3. The summed E-state index contributed by atoms with van der Waals surface area (Å²) in [6.45, 7) is 2.61. The van der Waals surface area contributed by atoms with Gasteiger partial charge in [-0.1, -0.05) is 17.4 Å². The van der Waals surface area contributed by atoms with Crippen LogP contribution >= 0.6 is 11.3 Å². The minimum absolute atomic E-state index is 0.174. The fourth-order valence-electron chi connectivity index (χ4n) is 3.05. The number of piperazine rings is 1. The van der Waals surface area contributed by atoms with Crippen molar-refractivity contribution in [3.05, 3.63) is 48.3 Å². The normalized spacial score (nSPS) is 14.4. The number of fused-ring (bicyclic) bond motifs is 1. The highest BCUT2D eigenvalue weighted by Gasteiger charge is 2.23. The van der Waals surface area contributed by atoms with Crippen molar-refractivity contribution in [3.63, 3.8) is 0 Å². The second-order valence-corrected chi connectivity index (χ2v) is 7.22. The molecule has 2 heterocycles. The molecule has 1 aliphatic heterocycles. The number of nitrogens with zero attached hydrogens (tertiary/aromatic N) is 3. The molecule has 0 unspecified atom stereocenters. The van der Waals surface area contributed by atoms with Gasteiger partial charge in [0.2, 0.25) is 0 Å². The number of hydrogen-bond donors (Lipinski definition) is 1. The average molecular weight is 386 g/mol. The number of methoxy groups -OCH3 is 1. The summed E-state index contributed by atoms with van der Waals surface area (Å²) in [6.07, 6.45) is 0. The highest BCUT2D eigenvalue weighted by atomic mass is 32.1. The van der Waals surface area contributed by atoms with Gasteiger partial charge < -0.3 is 19.9 Å². The largest absolute Gasteiger partial charge is 0.494 e. The molecule has 0 aliphatic carbocycles. The first-order valence-electron chi connectivity index (χ1n) is 8.64. The number of ether oxygens (including phenoxy) is 1. The average Bonchev–Trinajstić information content (AvgIpc) is 3.14. The second-order valence-electron chi connectivity index (χ2n) is 6.21. The van der Waals surface area contributed by atoms with Crippen molar-refractivity contribution >= 4 is 38.4 Å². The van der Waals surface area contributed by atoms with Gasteiger partial charge in [0.15, 0.2) is 5.13 Å². The van der Waals surface area contributed by atoms with E-state index in [-0.39, 0.29) is 11.8 Å². The van der Waals surface area contributed by atoms with Crippen molar-refractivity contribution < 1.29 is 13.9 Å². The summed E-state index contributed by atoms with van der Waals surface area (Å²) in [5.41, 5.74) is 1.46. The highest BCUT2D eigenvalue weighted by Crippen LogP contribution is 2.34. The van der Waals surface area contributed by atoms with Gasteiger partial charge >= 0.3 is 6.03 Å². The molecule has 6 nitrogen and oxygen atoms in total. The Hall–Kier alpha value is -2.87. The molecular formula is C19H19FN4O2S. The Balaban J connectivity index is 1.40. The van der Waals surface area contributed by atoms with Gasteiger partial charge in [0.05, 0.1) is 11.8 Å². The summed E-state index contributed by atoms with van der Waals surface area (Å²) in [5, 5.41) is 3.74. The fraction of sp³-hybridized carbons (Fsp3) is 0.263. The van der Waals surface area contributed by atoms with E-state index < -0.39 is 0 Å². The number of nitrogens with one attached hydrogen (secondary N) is 1. The number of halogens is 1. The summed E-state index contributed by atoms with van der Waals surface area (Å²) >= 11 is 1.63. The third-order valence-corrected chi connectivity index (χ3v) is 5.60. The lowest BCUT2D eigenvalue weighted by Gasteiger charge is -2.34. The van der Waals surface area contributed by atoms with Crippen LogP contribution in [0, 0.1) is 5.82 Å². The lowest BCUT2D eigenvalue weighted by molar-refractivity contribution is 0.208. The van der Waals surface area contributed by atoms with Gasteiger partial charge in [0.1, 0.15) is 17.1 Å². The van der Waals surface area contributed by atoms with Crippen LogP contribution in [0.25, 0.3) is 10.2 Å². The van der Waals surface area contributed by atoms with E-state index in [1.54, 1.807) is 35.5 Å². The molecule has 27 heavy (non-hydrogen) atoms. The maximum absolute atomic E-state index is 13.0. The number of benzene rings is 2. The first-order chi connectivity index (χ1) is 13.1. The Labute approximate surface area is 160 Å². The van der Waals surface area contributed by atoms with Crippen LogP contribution in [0.2, 0.25) is 0 Å². The predicted octanol–water partition coefficient (Wildman–Crippen LogP) is 3.80. The molecular weight excluding hydrogens is 367 g/mol. The predicted molar refractivity (Wildman–Crippen MR) is 105 cm³/mol. The Kier molecular flexibility index (Phi) is 4.81. The number of amides is 2. The third kappa shape index (κ3) is 3.66. The molecule has 1 fully saturated rings. The number of anilines is 2. The molecule has 1 aliphatic rings. The van der Waals surface area contributed by atoms with Crippen LogP contribution in [-0.4, -0.2) is 49.2 Å². The van der Waals surface area contributed by atoms with Gasteiger partial charge in [0.25, 0.3) is 0 Å². The van der Waals surface area contributed by atoms with Gasteiger partial charge in [0, 0.05) is 31.9 Å². The van der Waals surface area contributed by atoms with E-state index >= 15 is 0 Å². The van der Waals surface area contributed by atoms with Crippen LogP contribution < -0.4 is 15.0 Å². The van der Waals surface area contributed by atoms with Crippen LogP contribution in [0.5, 0.6) is 5.75 Å². The maximum Gasteiger partial charge on any atom is 0.321 e. The van der Waals surface area contributed by atoms with Crippen LogP contribution in [-0.2, 0) is 0 Å². The quantitative estimate of drug-likeness (QED) is 0.744. The smallest absolute Gasteiger partial charge is 0.321 e. The number of carbonyl (C=O) groups excluding carboxylic acids is 1. The van der Waals surface area contributed by atoms with Crippen LogP contribution in [0.15, 0.2) is 42.5 Å². The van der Waals surface area contributed by atoms with Crippen molar-refractivity contribution in [1.29, 1.82) is 0 Å². The molecule has 0 atom stereocenters. The van der Waals surface area contributed by atoms with Gasteiger partial charge in [-0.3, -0.25) is 0 Å². The van der Waals surface area contributed by atoms with Crippen molar-refractivity contribution in [1.82, 2.24) is 9.88 Å². The van der Waals surface area contributed by atoms with E-state index in [0.29, 0.717) is 31.9 Å². The van der Waals surface area contributed by atoms with E-state index in [2.05, 4.69) is 10.2 Å². The third-order valence-electron chi connectivity index (χ3n) is 4.52. The zero-order valence-electron chi connectivity index (χ0n) is 14.8. The molecule has 2 amide bonds. The highest BCUT2D eigenvalue weighted by molar-refractivity contribution is 7.22. The number of urea groups is 1. The Morgan fingerprint density at radius 2 is 1.89 bits per heavy atom. The molecule has 1 N–H and O–H groups in total. The Morgan fingerprint density at radius 3 is 2.59 bits per heavy atom. The van der Waals surface area contributed by atoms with Gasteiger partial charge in [-0.25, -0.2) is 14.2 Å².